The Hall–Kier alpha value is -1.87. The molecule has 0 saturated carbocycles. The summed E-state index contributed by atoms with van der Waals surface area (Å²) in [4.78, 5) is 25.9. The fourth-order valence-electron chi connectivity index (χ4n) is 4.44. The van der Waals surface area contributed by atoms with Crippen LogP contribution < -0.4 is 15.4 Å². The predicted octanol–water partition coefficient (Wildman–Crippen LogP) is 2.00. The largest absolute Gasteiger partial charge is 0.496 e. The van der Waals surface area contributed by atoms with Crippen LogP contribution in [0.4, 0.5) is 4.79 Å². The maximum atomic E-state index is 12.1. The number of piperidine rings is 1. The van der Waals surface area contributed by atoms with Crippen LogP contribution in [0.5, 0.6) is 5.75 Å². The average Bonchev–Trinajstić information content (AvgIpc) is 3.29. The molecule has 158 valence electrons. The van der Waals surface area contributed by atoms with E-state index in [1.165, 1.54) is 0 Å². The summed E-state index contributed by atoms with van der Waals surface area (Å²) in [5.74, 6) is -0.367. The third-order valence-electron chi connectivity index (χ3n) is 6.03. The van der Waals surface area contributed by atoms with E-state index in [1.54, 1.807) is 13.2 Å². The van der Waals surface area contributed by atoms with Gasteiger partial charge in [0.15, 0.2) is 5.79 Å². The van der Waals surface area contributed by atoms with E-state index in [1.807, 2.05) is 12.1 Å². The van der Waals surface area contributed by atoms with Gasteiger partial charge in [-0.2, -0.15) is 0 Å². The molecule has 1 spiro atoms. The molecule has 0 aliphatic carbocycles. The number of halogens is 1. The zero-order valence-corrected chi connectivity index (χ0v) is 17.2. The third-order valence-corrected chi connectivity index (χ3v) is 6.27. The highest BCUT2D eigenvalue weighted by molar-refractivity contribution is 6.30. The molecule has 1 aromatic carbocycles. The minimum absolute atomic E-state index is 0.207. The summed E-state index contributed by atoms with van der Waals surface area (Å²) in [7, 11) is 1.62. The van der Waals surface area contributed by atoms with Gasteiger partial charge in [-0.1, -0.05) is 11.6 Å². The maximum Gasteiger partial charge on any atom is 0.322 e. The first-order chi connectivity index (χ1) is 14.0. The van der Waals surface area contributed by atoms with E-state index in [4.69, 9.17) is 25.8 Å². The number of urea groups is 1. The second-order valence-electron chi connectivity index (χ2n) is 7.73. The van der Waals surface area contributed by atoms with Gasteiger partial charge in [0.25, 0.3) is 5.91 Å². The standard InChI is InChI=1S/C20H26ClN3O5/c1-27-16-4-3-14(21)13-15(16)20(28-11-12-29-20)5-2-8-24-9-6-19(7-10-24)17(25)22-18(26)23-19/h3-4,13H,2,5-12H2,1H3,(H2,22,23,25,26). The minimum Gasteiger partial charge on any atom is -0.496 e. The first-order valence-electron chi connectivity index (χ1n) is 9.94. The Balaban J connectivity index is 1.36. The van der Waals surface area contributed by atoms with E-state index in [0.717, 1.165) is 31.6 Å². The van der Waals surface area contributed by atoms with E-state index in [2.05, 4.69) is 15.5 Å². The molecule has 29 heavy (non-hydrogen) atoms. The molecule has 0 bridgehead atoms. The van der Waals surface area contributed by atoms with Crippen LogP contribution in [0.3, 0.4) is 0 Å². The van der Waals surface area contributed by atoms with Gasteiger partial charge in [-0.15, -0.1) is 0 Å². The molecule has 0 unspecified atom stereocenters. The van der Waals surface area contributed by atoms with Gasteiger partial charge in [0.1, 0.15) is 11.3 Å². The van der Waals surface area contributed by atoms with Crippen molar-refractivity contribution in [3.63, 3.8) is 0 Å². The molecule has 3 saturated heterocycles. The van der Waals surface area contributed by atoms with Gasteiger partial charge in [0.05, 0.1) is 25.9 Å². The van der Waals surface area contributed by atoms with Crippen LogP contribution in [-0.2, 0) is 20.1 Å². The lowest BCUT2D eigenvalue weighted by atomic mass is 9.87. The van der Waals surface area contributed by atoms with Crippen molar-refractivity contribution in [2.75, 3.05) is 40.0 Å². The minimum atomic E-state index is -0.855. The molecule has 3 aliphatic heterocycles. The van der Waals surface area contributed by atoms with Crippen molar-refractivity contribution < 1.29 is 23.8 Å². The van der Waals surface area contributed by atoms with E-state index in [-0.39, 0.29) is 5.91 Å². The molecule has 0 atom stereocenters. The predicted molar refractivity (Wildman–Crippen MR) is 106 cm³/mol. The SMILES string of the molecule is COc1ccc(Cl)cc1C1(CCCN2CCC3(CC2)NC(=O)NC3=O)OCCO1. The lowest BCUT2D eigenvalue weighted by Gasteiger charge is -2.37. The van der Waals surface area contributed by atoms with Crippen LogP contribution in [-0.4, -0.2) is 62.3 Å². The summed E-state index contributed by atoms with van der Waals surface area (Å²) in [5.41, 5.74) is 0.0774. The van der Waals surface area contributed by atoms with Gasteiger partial charge < -0.3 is 24.4 Å². The molecule has 9 heteroatoms. The molecule has 3 aliphatic rings. The molecular formula is C20H26ClN3O5. The summed E-state index contributed by atoms with van der Waals surface area (Å²) < 4.78 is 17.6. The van der Waals surface area contributed by atoms with Crippen molar-refractivity contribution in [2.45, 2.75) is 37.0 Å². The highest BCUT2D eigenvalue weighted by Gasteiger charge is 2.48. The second-order valence-corrected chi connectivity index (χ2v) is 8.17. The topological polar surface area (TPSA) is 89.1 Å². The first-order valence-corrected chi connectivity index (χ1v) is 10.3. The summed E-state index contributed by atoms with van der Waals surface area (Å²) in [6, 6.07) is 5.07. The molecule has 3 amide bonds. The van der Waals surface area contributed by atoms with Crippen molar-refractivity contribution in [1.29, 1.82) is 0 Å². The lowest BCUT2D eigenvalue weighted by Crippen LogP contribution is -2.54. The number of likely N-dealkylation sites (tertiary alicyclic amines) is 1. The van der Waals surface area contributed by atoms with Crippen molar-refractivity contribution in [3.8, 4) is 5.75 Å². The first kappa shape index (κ1) is 20.4. The van der Waals surface area contributed by atoms with Crippen molar-refractivity contribution in [2.24, 2.45) is 0 Å². The zero-order valence-electron chi connectivity index (χ0n) is 16.5. The highest BCUT2D eigenvalue weighted by atomic mass is 35.5. The molecule has 8 nitrogen and oxygen atoms in total. The van der Waals surface area contributed by atoms with E-state index in [9.17, 15) is 9.59 Å². The van der Waals surface area contributed by atoms with E-state index < -0.39 is 17.4 Å². The van der Waals surface area contributed by atoms with E-state index in [0.29, 0.717) is 43.2 Å². The summed E-state index contributed by atoms with van der Waals surface area (Å²) >= 11 is 6.21. The number of amides is 3. The van der Waals surface area contributed by atoms with Gasteiger partial charge in [-0.25, -0.2) is 4.79 Å². The van der Waals surface area contributed by atoms with Crippen LogP contribution >= 0.6 is 11.6 Å². The smallest absolute Gasteiger partial charge is 0.322 e. The molecule has 2 N–H and O–H groups in total. The van der Waals surface area contributed by atoms with Gasteiger partial charge in [0, 0.05) is 24.5 Å². The Morgan fingerprint density at radius 2 is 1.93 bits per heavy atom. The fraction of sp³-hybridized carbons (Fsp3) is 0.600. The zero-order chi connectivity index (χ0) is 20.5. The lowest BCUT2D eigenvalue weighted by molar-refractivity contribution is -0.173. The third kappa shape index (κ3) is 3.94. The number of rotatable bonds is 6. The number of nitrogens with zero attached hydrogens (tertiary/aromatic N) is 1. The Kier molecular flexibility index (Phi) is 5.70. The van der Waals surface area contributed by atoms with Crippen LogP contribution in [0.2, 0.25) is 5.02 Å². The Bertz CT molecular complexity index is 788. The van der Waals surface area contributed by atoms with E-state index >= 15 is 0 Å². The van der Waals surface area contributed by atoms with Crippen molar-refractivity contribution >= 4 is 23.5 Å². The summed E-state index contributed by atoms with van der Waals surface area (Å²) in [5, 5.41) is 5.75. The fourth-order valence-corrected chi connectivity index (χ4v) is 4.61. The number of hydrogen-bond acceptors (Lipinski definition) is 6. The van der Waals surface area contributed by atoms with Crippen LogP contribution in [0.1, 0.15) is 31.2 Å². The highest BCUT2D eigenvalue weighted by Crippen LogP contribution is 2.42. The van der Waals surface area contributed by atoms with Gasteiger partial charge in [-0.3, -0.25) is 10.1 Å². The van der Waals surface area contributed by atoms with Crippen LogP contribution in [0, 0.1) is 0 Å². The maximum absolute atomic E-state index is 12.1. The molecule has 0 radical (unpaired) electrons. The molecule has 3 heterocycles. The second kappa shape index (κ2) is 8.10. The van der Waals surface area contributed by atoms with Gasteiger partial charge >= 0.3 is 6.03 Å². The number of nitrogens with one attached hydrogen (secondary N) is 2. The number of imide groups is 1. The van der Waals surface area contributed by atoms with Crippen LogP contribution in [0.15, 0.2) is 18.2 Å². The number of carbonyl (C=O) groups is 2. The van der Waals surface area contributed by atoms with Gasteiger partial charge in [-0.05, 0) is 44.0 Å². The molecule has 0 aromatic heterocycles. The Morgan fingerprint density at radius 3 is 2.55 bits per heavy atom. The molecule has 3 fully saturated rings. The molecule has 1 aromatic rings. The number of benzene rings is 1. The number of ether oxygens (including phenoxy) is 3. The molecular weight excluding hydrogens is 398 g/mol. The monoisotopic (exact) mass is 423 g/mol. The van der Waals surface area contributed by atoms with Gasteiger partial charge in [0.2, 0.25) is 0 Å². The number of methoxy groups -OCH3 is 1. The van der Waals surface area contributed by atoms with Crippen LogP contribution in [0.25, 0.3) is 0 Å². The van der Waals surface area contributed by atoms with Crippen molar-refractivity contribution in [3.05, 3.63) is 28.8 Å². The average molecular weight is 424 g/mol. The quantitative estimate of drug-likeness (QED) is 0.680. The normalized spacial score (nSPS) is 23.2. The Morgan fingerprint density at radius 1 is 1.21 bits per heavy atom. The summed E-state index contributed by atoms with van der Waals surface area (Å²) in [6.45, 7) is 3.40. The molecule has 4 rings (SSSR count). The van der Waals surface area contributed by atoms with Crippen molar-refractivity contribution in [1.82, 2.24) is 15.5 Å². The number of carbonyl (C=O) groups excluding carboxylic acids is 2. The number of hydrogen-bond donors (Lipinski definition) is 2. The summed E-state index contributed by atoms with van der Waals surface area (Å²) in [6.07, 6.45) is 2.75. The Labute approximate surface area is 174 Å².